The van der Waals surface area contributed by atoms with E-state index in [-0.39, 0.29) is 5.92 Å². The average molecular weight is 297 g/mol. The molecular weight excluding hydrogens is 274 g/mol. The summed E-state index contributed by atoms with van der Waals surface area (Å²) in [6.45, 7) is 4.46. The Kier molecular flexibility index (Phi) is 4.82. The van der Waals surface area contributed by atoms with Crippen molar-refractivity contribution in [1.82, 2.24) is 15.5 Å². The molecule has 1 saturated heterocycles. The molecule has 21 heavy (non-hydrogen) atoms. The summed E-state index contributed by atoms with van der Waals surface area (Å²) >= 11 is 0. The van der Waals surface area contributed by atoms with Crippen molar-refractivity contribution >= 4 is 17.9 Å². The van der Waals surface area contributed by atoms with E-state index in [1.165, 1.54) is 0 Å². The van der Waals surface area contributed by atoms with Gasteiger partial charge in [0.15, 0.2) is 0 Å². The van der Waals surface area contributed by atoms with Gasteiger partial charge in [-0.05, 0) is 38.5 Å². The van der Waals surface area contributed by atoms with Gasteiger partial charge in [-0.15, -0.1) is 0 Å². The standard InChI is InChI=1S/C14H23N3O4/c1-3-15-14(21)16-12(18)8(2)17-7-9-5-4-6-10(9)11(17)13(19)20/h8-11H,3-7H2,1-2H3,(H,19,20)(H2,15,16,18,21). The number of hydrogen-bond donors (Lipinski definition) is 3. The van der Waals surface area contributed by atoms with E-state index in [0.29, 0.717) is 19.0 Å². The Balaban J connectivity index is 2.03. The monoisotopic (exact) mass is 297 g/mol. The summed E-state index contributed by atoms with van der Waals surface area (Å²) in [6.07, 6.45) is 2.99. The summed E-state index contributed by atoms with van der Waals surface area (Å²) in [4.78, 5) is 36.8. The lowest BCUT2D eigenvalue weighted by molar-refractivity contribution is -0.145. The number of carboxylic acid groups (broad SMARTS) is 1. The molecule has 0 aromatic heterocycles. The molecule has 1 aliphatic carbocycles. The number of fused-ring (bicyclic) bond motifs is 1. The van der Waals surface area contributed by atoms with Crippen molar-refractivity contribution in [2.45, 2.75) is 45.2 Å². The van der Waals surface area contributed by atoms with Gasteiger partial charge in [-0.3, -0.25) is 19.8 Å². The second kappa shape index (κ2) is 6.43. The molecule has 0 aromatic carbocycles. The first-order valence-electron chi connectivity index (χ1n) is 7.53. The first-order chi connectivity index (χ1) is 9.95. The van der Waals surface area contributed by atoms with Crippen molar-refractivity contribution in [3.8, 4) is 0 Å². The van der Waals surface area contributed by atoms with Crippen LogP contribution in [0.25, 0.3) is 0 Å². The number of carboxylic acids is 1. The first-order valence-corrected chi connectivity index (χ1v) is 7.53. The van der Waals surface area contributed by atoms with Gasteiger partial charge in [0.05, 0.1) is 6.04 Å². The van der Waals surface area contributed by atoms with Crippen molar-refractivity contribution in [1.29, 1.82) is 0 Å². The van der Waals surface area contributed by atoms with Crippen molar-refractivity contribution in [2.75, 3.05) is 13.1 Å². The Labute approximate surface area is 124 Å². The highest BCUT2D eigenvalue weighted by molar-refractivity contribution is 5.97. The fourth-order valence-electron chi connectivity index (χ4n) is 3.63. The Bertz CT molecular complexity index is 440. The molecule has 1 aliphatic heterocycles. The van der Waals surface area contributed by atoms with Crippen LogP contribution in [0.1, 0.15) is 33.1 Å². The molecule has 118 valence electrons. The minimum absolute atomic E-state index is 0.127. The highest BCUT2D eigenvalue weighted by Crippen LogP contribution is 2.42. The first kappa shape index (κ1) is 15.8. The van der Waals surface area contributed by atoms with Gasteiger partial charge in [-0.2, -0.15) is 0 Å². The maximum absolute atomic E-state index is 12.1. The van der Waals surface area contributed by atoms with E-state index >= 15 is 0 Å². The van der Waals surface area contributed by atoms with Gasteiger partial charge in [-0.25, -0.2) is 4.79 Å². The minimum atomic E-state index is -0.873. The number of amides is 3. The molecule has 4 atom stereocenters. The zero-order chi connectivity index (χ0) is 15.6. The molecule has 2 rings (SSSR count). The molecule has 1 heterocycles. The van der Waals surface area contributed by atoms with Crippen LogP contribution in [0.15, 0.2) is 0 Å². The van der Waals surface area contributed by atoms with Crippen molar-refractivity contribution < 1.29 is 19.5 Å². The summed E-state index contributed by atoms with van der Waals surface area (Å²) in [7, 11) is 0. The molecule has 0 bridgehead atoms. The van der Waals surface area contributed by atoms with E-state index in [9.17, 15) is 19.5 Å². The quantitative estimate of drug-likeness (QED) is 0.698. The zero-order valence-corrected chi connectivity index (χ0v) is 12.5. The summed E-state index contributed by atoms with van der Waals surface area (Å²) in [6, 6.07) is -1.78. The highest BCUT2D eigenvalue weighted by Gasteiger charge is 2.50. The topological polar surface area (TPSA) is 98.7 Å². The molecule has 7 heteroatoms. The maximum Gasteiger partial charge on any atom is 0.321 e. The Morgan fingerprint density at radius 2 is 2.05 bits per heavy atom. The zero-order valence-electron chi connectivity index (χ0n) is 12.5. The van der Waals surface area contributed by atoms with Crippen LogP contribution in [0.5, 0.6) is 0 Å². The lowest BCUT2D eigenvalue weighted by atomic mass is 9.94. The summed E-state index contributed by atoms with van der Waals surface area (Å²) in [5.74, 6) is -0.845. The maximum atomic E-state index is 12.1. The lowest BCUT2D eigenvalue weighted by Crippen LogP contribution is -2.53. The molecule has 3 N–H and O–H groups in total. The van der Waals surface area contributed by atoms with Crippen LogP contribution in [-0.2, 0) is 9.59 Å². The molecule has 2 aliphatic rings. The van der Waals surface area contributed by atoms with Crippen LogP contribution >= 0.6 is 0 Å². The Morgan fingerprint density at radius 3 is 2.67 bits per heavy atom. The van der Waals surface area contributed by atoms with Crippen LogP contribution in [0.3, 0.4) is 0 Å². The number of aliphatic carboxylic acids is 1. The Hall–Kier alpha value is -1.63. The molecule has 2 fully saturated rings. The highest BCUT2D eigenvalue weighted by atomic mass is 16.4. The molecule has 0 aromatic rings. The van der Waals surface area contributed by atoms with Gasteiger partial charge in [0.25, 0.3) is 0 Å². The van der Waals surface area contributed by atoms with Crippen molar-refractivity contribution in [3.63, 3.8) is 0 Å². The summed E-state index contributed by atoms with van der Waals surface area (Å²) in [5.41, 5.74) is 0. The molecule has 4 unspecified atom stereocenters. The summed E-state index contributed by atoms with van der Waals surface area (Å²) in [5, 5.41) is 14.2. The molecule has 0 spiro atoms. The van der Waals surface area contributed by atoms with E-state index in [4.69, 9.17) is 0 Å². The smallest absolute Gasteiger partial charge is 0.321 e. The predicted octanol–water partition coefficient (Wildman–Crippen LogP) is 0.406. The molecule has 0 radical (unpaired) electrons. The van der Waals surface area contributed by atoms with E-state index in [1.807, 2.05) is 0 Å². The number of carbonyl (C=O) groups is 3. The predicted molar refractivity (Wildman–Crippen MR) is 75.6 cm³/mol. The summed E-state index contributed by atoms with van der Waals surface area (Å²) < 4.78 is 0. The van der Waals surface area contributed by atoms with E-state index in [2.05, 4.69) is 10.6 Å². The fourth-order valence-corrected chi connectivity index (χ4v) is 3.63. The third-order valence-corrected chi connectivity index (χ3v) is 4.63. The van der Waals surface area contributed by atoms with Crippen molar-refractivity contribution in [2.24, 2.45) is 11.8 Å². The fraction of sp³-hybridized carbons (Fsp3) is 0.786. The van der Waals surface area contributed by atoms with Gasteiger partial charge in [0.1, 0.15) is 6.04 Å². The second-order valence-corrected chi connectivity index (χ2v) is 5.86. The third-order valence-electron chi connectivity index (χ3n) is 4.63. The van der Waals surface area contributed by atoms with E-state index in [1.54, 1.807) is 18.7 Å². The molecular formula is C14H23N3O4. The van der Waals surface area contributed by atoms with E-state index < -0.39 is 30.0 Å². The average Bonchev–Trinajstić information content (AvgIpc) is 2.96. The van der Waals surface area contributed by atoms with Gasteiger partial charge in [0.2, 0.25) is 5.91 Å². The van der Waals surface area contributed by atoms with Crippen LogP contribution < -0.4 is 10.6 Å². The van der Waals surface area contributed by atoms with Crippen LogP contribution in [0.4, 0.5) is 4.79 Å². The molecule has 3 amide bonds. The number of nitrogens with zero attached hydrogens (tertiary/aromatic N) is 1. The number of rotatable bonds is 4. The lowest BCUT2D eigenvalue weighted by Gasteiger charge is -2.29. The Morgan fingerprint density at radius 1 is 1.33 bits per heavy atom. The van der Waals surface area contributed by atoms with Gasteiger partial charge >= 0.3 is 12.0 Å². The van der Waals surface area contributed by atoms with Crippen LogP contribution in [0.2, 0.25) is 0 Å². The van der Waals surface area contributed by atoms with Gasteiger partial charge in [-0.1, -0.05) is 6.42 Å². The number of urea groups is 1. The SMILES string of the molecule is CCNC(=O)NC(=O)C(C)N1CC2CCCC2C1C(=O)O. The van der Waals surface area contributed by atoms with Gasteiger partial charge in [0, 0.05) is 13.1 Å². The largest absolute Gasteiger partial charge is 0.480 e. The number of carbonyl (C=O) groups excluding carboxylic acids is 2. The molecule has 1 saturated carbocycles. The van der Waals surface area contributed by atoms with E-state index in [0.717, 1.165) is 19.3 Å². The van der Waals surface area contributed by atoms with Gasteiger partial charge < -0.3 is 10.4 Å². The second-order valence-electron chi connectivity index (χ2n) is 5.86. The third kappa shape index (κ3) is 3.18. The number of nitrogens with one attached hydrogen (secondary N) is 2. The minimum Gasteiger partial charge on any atom is -0.480 e. The number of likely N-dealkylation sites (tertiary alicyclic amines) is 1. The van der Waals surface area contributed by atoms with Crippen LogP contribution in [-0.4, -0.2) is 53.1 Å². The van der Waals surface area contributed by atoms with Crippen LogP contribution in [0, 0.1) is 11.8 Å². The number of hydrogen-bond acceptors (Lipinski definition) is 4. The number of imide groups is 1. The van der Waals surface area contributed by atoms with Crippen molar-refractivity contribution in [3.05, 3.63) is 0 Å². The normalized spacial score (nSPS) is 29.7. The molecule has 7 nitrogen and oxygen atoms in total.